The summed E-state index contributed by atoms with van der Waals surface area (Å²) in [6.07, 6.45) is -4.42. The van der Waals surface area contributed by atoms with Crippen LogP contribution in [0.1, 0.15) is 21.8 Å². The lowest BCUT2D eigenvalue weighted by molar-refractivity contribution is -0.137. The van der Waals surface area contributed by atoms with Gasteiger partial charge in [-0.3, -0.25) is 0 Å². The van der Waals surface area contributed by atoms with E-state index in [1.165, 1.54) is 23.5 Å². The van der Waals surface area contributed by atoms with Crippen LogP contribution in [-0.2, 0) is 6.18 Å². The predicted octanol–water partition coefficient (Wildman–Crippen LogP) is 5.50. The zero-order valence-electron chi connectivity index (χ0n) is 13.8. The molecule has 0 amide bonds. The highest BCUT2D eigenvalue weighted by Crippen LogP contribution is 2.33. The van der Waals surface area contributed by atoms with Crippen LogP contribution in [0.15, 0.2) is 35.7 Å². The number of alkyl halides is 3. The van der Waals surface area contributed by atoms with Crippen molar-refractivity contribution < 1.29 is 17.9 Å². The van der Waals surface area contributed by atoms with E-state index in [0.717, 1.165) is 22.8 Å². The second-order valence-corrected chi connectivity index (χ2v) is 6.52. The summed E-state index contributed by atoms with van der Waals surface area (Å²) in [5.41, 5.74) is 1.44. The van der Waals surface area contributed by atoms with Crippen LogP contribution in [0.5, 0.6) is 11.6 Å². The lowest BCUT2D eigenvalue weighted by Crippen LogP contribution is -2.04. The van der Waals surface area contributed by atoms with Gasteiger partial charge in [0, 0.05) is 10.9 Å². The maximum Gasteiger partial charge on any atom is 0.416 e. The number of nitrogens with zero attached hydrogens (tertiary/aromatic N) is 3. The number of aromatic nitrogens is 2. The van der Waals surface area contributed by atoms with E-state index in [1.54, 1.807) is 13.0 Å². The van der Waals surface area contributed by atoms with Crippen molar-refractivity contribution in [1.82, 2.24) is 9.97 Å². The number of nitriles is 1. The average Bonchev–Trinajstić information content (AvgIpc) is 3.01. The van der Waals surface area contributed by atoms with Gasteiger partial charge in [0.15, 0.2) is 0 Å². The largest absolute Gasteiger partial charge is 0.438 e. The Labute approximate surface area is 151 Å². The molecule has 1 aromatic carbocycles. The summed E-state index contributed by atoms with van der Waals surface area (Å²) < 4.78 is 43.4. The molecule has 132 valence electrons. The van der Waals surface area contributed by atoms with Crippen LogP contribution in [0.25, 0.3) is 11.3 Å². The molecule has 0 atom stereocenters. The van der Waals surface area contributed by atoms with Crippen molar-refractivity contribution in [1.29, 1.82) is 5.26 Å². The molecule has 0 radical (unpaired) electrons. The van der Waals surface area contributed by atoms with Crippen LogP contribution in [0, 0.1) is 25.2 Å². The molecular formula is C18H12F3N3OS. The van der Waals surface area contributed by atoms with Gasteiger partial charge in [-0.15, -0.1) is 11.3 Å². The van der Waals surface area contributed by atoms with Gasteiger partial charge in [-0.05, 0) is 44.2 Å². The Kier molecular flexibility index (Phi) is 4.66. The molecule has 26 heavy (non-hydrogen) atoms. The van der Waals surface area contributed by atoms with E-state index >= 15 is 0 Å². The van der Waals surface area contributed by atoms with Crippen molar-refractivity contribution in [3.63, 3.8) is 0 Å². The summed E-state index contributed by atoms with van der Waals surface area (Å²) >= 11 is 1.49. The lowest BCUT2D eigenvalue weighted by atomic mass is 10.1. The van der Waals surface area contributed by atoms with Crippen LogP contribution in [0.4, 0.5) is 13.2 Å². The summed E-state index contributed by atoms with van der Waals surface area (Å²) in [7, 11) is 0. The van der Waals surface area contributed by atoms with Crippen molar-refractivity contribution in [3.05, 3.63) is 57.5 Å². The molecule has 0 N–H and O–H groups in total. The Bertz CT molecular complexity index is 988. The third-order valence-corrected chi connectivity index (χ3v) is 4.36. The first-order chi connectivity index (χ1) is 12.3. The zero-order valence-corrected chi connectivity index (χ0v) is 14.6. The average molecular weight is 375 g/mol. The molecule has 0 aliphatic rings. The number of hydrogen-bond acceptors (Lipinski definition) is 5. The molecule has 2 aromatic heterocycles. The Morgan fingerprint density at radius 3 is 2.35 bits per heavy atom. The molecule has 8 heteroatoms. The molecule has 0 saturated heterocycles. The van der Waals surface area contributed by atoms with E-state index in [1.807, 2.05) is 18.4 Å². The molecule has 0 bridgehead atoms. The summed E-state index contributed by atoms with van der Waals surface area (Å²) in [4.78, 5) is 8.68. The van der Waals surface area contributed by atoms with Gasteiger partial charge >= 0.3 is 6.18 Å². The van der Waals surface area contributed by atoms with Crippen molar-refractivity contribution in [2.75, 3.05) is 0 Å². The molecular weight excluding hydrogens is 363 g/mol. The van der Waals surface area contributed by atoms with Gasteiger partial charge in [-0.2, -0.15) is 18.4 Å². The van der Waals surface area contributed by atoms with Crippen molar-refractivity contribution in [2.45, 2.75) is 20.0 Å². The highest BCUT2D eigenvalue weighted by molar-refractivity contribution is 7.09. The van der Waals surface area contributed by atoms with Crippen LogP contribution in [0.3, 0.4) is 0 Å². The van der Waals surface area contributed by atoms with Gasteiger partial charge in [-0.25, -0.2) is 9.97 Å². The van der Waals surface area contributed by atoms with E-state index in [0.29, 0.717) is 11.3 Å². The second-order valence-electron chi connectivity index (χ2n) is 5.46. The number of benzene rings is 1. The van der Waals surface area contributed by atoms with Gasteiger partial charge in [0.05, 0.1) is 22.0 Å². The molecule has 4 nitrogen and oxygen atoms in total. The standard InChI is InChI=1S/C18H12F3N3OS/c1-10-15(16-9-26-11(2)24-16)7-12(8-22)17(23-10)25-14-5-3-13(4-6-14)18(19,20)21/h3-7,9H,1-2H3. The maximum absolute atomic E-state index is 12.6. The van der Waals surface area contributed by atoms with Gasteiger partial charge in [0.1, 0.15) is 17.4 Å². The first-order valence-corrected chi connectivity index (χ1v) is 8.35. The third-order valence-electron chi connectivity index (χ3n) is 3.59. The highest BCUT2D eigenvalue weighted by atomic mass is 32.1. The SMILES string of the molecule is Cc1nc(-c2cc(C#N)c(Oc3ccc(C(F)(F)F)cc3)nc2C)cs1. The van der Waals surface area contributed by atoms with Crippen molar-refractivity contribution in [3.8, 4) is 29.0 Å². The molecule has 3 rings (SSSR count). The van der Waals surface area contributed by atoms with Crippen LogP contribution in [-0.4, -0.2) is 9.97 Å². The molecule has 0 spiro atoms. The number of thiazole rings is 1. The first kappa shape index (κ1) is 17.9. The normalized spacial score (nSPS) is 11.2. The fraction of sp³-hybridized carbons (Fsp3) is 0.167. The van der Waals surface area contributed by atoms with Crippen LogP contribution >= 0.6 is 11.3 Å². The molecule has 2 heterocycles. The zero-order chi connectivity index (χ0) is 18.9. The van der Waals surface area contributed by atoms with E-state index in [-0.39, 0.29) is 17.2 Å². The quantitative estimate of drug-likeness (QED) is 0.606. The van der Waals surface area contributed by atoms with E-state index < -0.39 is 11.7 Å². The number of pyridine rings is 1. The molecule has 0 unspecified atom stereocenters. The lowest BCUT2D eigenvalue weighted by Gasteiger charge is -2.11. The number of hydrogen-bond donors (Lipinski definition) is 0. The summed E-state index contributed by atoms with van der Waals surface area (Å²) in [5, 5.41) is 12.1. The number of aryl methyl sites for hydroxylation is 2. The highest BCUT2D eigenvalue weighted by Gasteiger charge is 2.30. The van der Waals surface area contributed by atoms with E-state index in [9.17, 15) is 18.4 Å². The molecule has 0 aliphatic carbocycles. The third kappa shape index (κ3) is 3.68. The summed E-state index contributed by atoms with van der Waals surface area (Å²) in [6.45, 7) is 3.63. The first-order valence-electron chi connectivity index (χ1n) is 7.47. The predicted molar refractivity (Wildman–Crippen MR) is 91.1 cm³/mol. The van der Waals surface area contributed by atoms with Gasteiger partial charge in [0.25, 0.3) is 0 Å². The molecule has 0 aliphatic heterocycles. The van der Waals surface area contributed by atoms with Crippen molar-refractivity contribution in [2.24, 2.45) is 0 Å². The molecule has 3 aromatic rings. The van der Waals surface area contributed by atoms with E-state index in [2.05, 4.69) is 9.97 Å². The molecule has 0 saturated carbocycles. The second kappa shape index (κ2) is 6.77. The van der Waals surface area contributed by atoms with Gasteiger partial charge < -0.3 is 4.74 Å². The minimum Gasteiger partial charge on any atom is -0.438 e. The summed E-state index contributed by atoms with van der Waals surface area (Å²) in [5.74, 6) is 0.208. The van der Waals surface area contributed by atoms with Gasteiger partial charge in [0.2, 0.25) is 5.88 Å². The number of rotatable bonds is 3. The number of ether oxygens (including phenoxy) is 1. The minimum absolute atomic E-state index is 0.0421. The summed E-state index contributed by atoms with van der Waals surface area (Å²) in [6, 6.07) is 7.85. The Hall–Kier alpha value is -2.92. The molecule has 0 fully saturated rings. The Balaban J connectivity index is 1.93. The Morgan fingerprint density at radius 1 is 1.12 bits per heavy atom. The topological polar surface area (TPSA) is 58.8 Å². The minimum atomic E-state index is -4.42. The number of halogens is 3. The fourth-order valence-corrected chi connectivity index (χ4v) is 2.92. The van der Waals surface area contributed by atoms with Gasteiger partial charge in [-0.1, -0.05) is 0 Å². The maximum atomic E-state index is 12.6. The Morgan fingerprint density at radius 2 is 1.81 bits per heavy atom. The van der Waals surface area contributed by atoms with E-state index in [4.69, 9.17) is 4.74 Å². The smallest absolute Gasteiger partial charge is 0.416 e. The van der Waals surface area contributed by atoms with Crippen LogP contribution < -0.4 is 4.74 Å². The fourth-order valence-electron chi connectivity index (χ4n) is 2.31. The monoisotopic (exact) mass is 375 g/mol. The van der Waals surface area contributed by atoms with Crippen molar-refractivity contribution >= 4 is 11.3 Å². The van der Waals surface area contributed by atoms with Crippen LogP contribution in [0.2, 0.25) is 0 Å².